The summed E-state index contributed by atoms with van der Waals surface area (Å²) < 4.78 is 10.1. The number of carbonyl (C=O) groups is 3. The molecule has 0 radical (unpaired) electrons. The predicted octanol–water partition coefficient (Wildman–Crippen LogP) is 3.52. The highest BCUT2D eigenvalue weighted by Crippen LogP contribution is 2.29. The zero-order valence-electron chi connectivity index (χ0n) is 15.7. The van der Waals surface area contributed by atoms with Crippen molar-refractivity contribution in [3.8, 4) is 0 Å². The van der Waals surface area contributed by atoms with E-state index in [1.807, 2.05) is 38.1 Å². The Morgan fingerprint density at radius 1 is 1.11 bits per heavy atom. The van der Waals surface area contributed by atoms with E-state index in [9.17, 15) is 14.4 Å². The molecule has 2 rings (SSSR count). The molecule has 6 nitrogen and oxygen atoms in total. The van der Waals surface area contributed by atoms with Crippen LogP contribution < -0.4 is 5.32 Å². The van der Waals surface area contributed by atoms with Crippen molar-refractivity contribution < 1.29 is 23.9 Å². The van der Waals surface area contributed by atoms with Crippen molar-refractivity contribution in [3.05, 3.63) is 51.9 Å². The molecule has 0 unspecified atom stereocenters. The van der Waals surface area contributed by atoms with Gasteiger partial charge in [-0.1, -0.05) is 31.2 Å². The molecular formula is C20H23NO5S. The van der Waals surface area contributed by atoms with Gasteiger partial charge in [-0.25, -0.2) is 4.79 Å². The lowest BCUT2D eigenvalue weighted by Crippen LogP contribution is -2.22. The van der Waals surface area contributed by atoms with E-state index in [1.165, 1.54) is 11.3 Å². The maximum absolute atomic E-state index is 12.1. The molecule has 0 bridgehead atoms. The summed E-state index contributed by atoms with van der Waals surface area (Å²) in [5, 5.41) is 3.04. The monoisotopic (exact) mass is 389 g/mol. The molecular weight excluding hydrogens is 366 g/mol. The molecule has 0 saturated carbocycles. The summed E-state index contributed by atoms with van der Waals surface area (Å²) in [6.07, 6.45) is 0.839. The van der Waals surface area contributed by atoms with Crippen LogP contribution >= 0.6 is 11.3 Å². The summed E-state index contributed by atoms with van der Waals surface area (Å²) in [6.45, 7) is 5.43. The van der Waals surface area contributed by atoms with E-state index < -0.39 is 24.5 Å². The minimum absolute atomic E-state index is 0.104. The highest BCUT2D eigenvalue weighted by atomic mass is 32.1. The highest BCUT2D eigenvalue weighted by molar-refractivity contribution is 7.16. The number of esters is 2. The van der Waals surface area contributed by atoms with Crippen LogP contribution in [0.1, 0.15) is 40.2 Å². The van der Waals surface area contributed by atoms with Crippen LogP contribution in [0, 0.1) is 6.92 Å². The van der Waals surface area contributed by atoms with E-state index in [1.54, 1.807) is 13.0 Å². The lowest BCUT2D eigenvalue weighted by Gasteiger charge is -2.08. The first-order chi connectivity index (χ1) is 12.9. The summed E-state index contributed by atoms with van der Waals surface area (Å²) >= 11 is 1.31. The number of hydrogen-bond donors (Lipinski definition) is 1. The van der Waals surface area contributed by atoms with Crippen molar-refractivity contribution in [3.63, 3.8) is 0 Å². The predicted molar refractivity (Wildman–Crippen MR) is 104 cm³/mol. The average molecular weight is 389 g/mol. The minimum Gasteiger partial charge on any atom is -0.462 e. The molecule has 1 N–H and O–H groups in total. The van der Waals surface area contributed by atoms with Crippen molar-refractivity contribution in [2.24, 2.45) is 0 Å². The number of anilines is 1. The maximum Gasteiger partial charge on any atom is 0.341 e. The van der Waals surface area contributed by atoms with Crippen molar-refractivity contribution in [2.75, 3.05) is 18.5 Å². The first-order valence-corrected chi connectivity index (χ1v) is 9.56. The molecule has 27 heavy (non-hydrogen) atoms. The van der Waals surface area contributed by atoms with Crippen molar-refractivity contribution in [1.29, 1.82) is 0 Å². The molecule has 7 heteroatoms. The lowest BCUT2D eigenvalue weighted by atomic mass is 10.1. The number of amides is 1. The fourth-order valence-electron chi connectivity index (χ4n) is 2.39. The molecule has 2 aromatic rings. The van der Waals surface area contributed by atoms with Gasteiger partial charge in [0.2, 0.25) is 0 Å². The third-order valence-corrected chi connectivity index (χ3v) is 5.03. The Hall–Kier alpha value is -2.67. The number of thiophene rings is 1. The van der Waals surface area contributed by atoms with Crippen LogP contribution in [0.3, 0.4) is 0 Å². The first kappa shape index (κ1) is 20.6. The maximum atomic E-state index is 12.1. The van der Waals surface area contributed by atoms with Gasteiger partial charge >= 0.3 is 11.9 Å². The molecule has 1 amide bonds. The molecule has 0 aliphatic rings. The Kier molecular flexibility index (Phi) is 7.55. The topological polar surface area (TPSA) is 81.7 Å². The first-order valence-electron chi connectivity index (χ1n) is 8.74. The standard InChI is InChI=1S/C20H23NO5S/c1-4-15-11-16(20(24)25-5-2)19(27-15)21-17(22)12-26-18(23)10-14-9-7-6-8-13(14)3/h6-9,11H,4-5,10,12H2,1-3H3,(H,21,22). The molecule has 144 valence electrons. The molecule has 0 spiro atoms. The van der Waals surface area contributed by atoms with Gasteiger partial charge < -0.3 is 14.8 Å². The summed E-state index contributed by atoms with van der Waals surface area (Å²) in [5.74, 6) is -1.46. The van der Waals surface area contributed by atoms with Crippen LogP contribution in [-0.4, -0.2) is 31.1 Å². The van der Waals surface area contributed by atoms with Gasteiger partial charge in [-0.3, -0.25) is 9.59 Å². The van der Waals surface area contributed by atoms with Crippen molar-refractivity contribution in [1.82, 2.24) is 0 Å². The van der Waals surface area contributed by atoms with Gasteiger partial charge in [-0.2, -0.15) is 0 Å². The third kappa shape index (κ3) is 5.92. The Labute approximate surface area is 162 Å². The summed E-state index contributed by atoms with van der Waals surface area (Å²) in [4.78, 5) is 37.1. The second-order valence-corrected chi connectivity index (χ2v) is 6.98. The molecule has 0 fully saturated rings. The molecule has 0 atom stereocenters. The van der Waals surface area contributed by atoms with E-state index in [-0.39, 0.29) is 13.0 Å². The number of nitrogens with one attached hydrogen (secondary N) is 1. The number of benzene rings is 1. The van der Waals surface area contributed by atoms with Gasteiger partial charge in [-0.15, -0.1) is 11.3 Å². The Morgan fingerprint density at radius 2 is 1.85 bits per heavy atom. The van der Waals surface area contributed by atoms with E-state index in [0.29, 0.717) is 10.6 Å². The van der Waals surface area contributed by atoms with E-state index in [0.717, 1.165) is 22.4 Å². The van der Waals surface area contributed by atoms with Crippen LogP contribution in [0.25, 0.3) is 0 Å². The van der Waals surface area contributed by atoms with Gasteiger partial charge in [0, 0.05) is 4.88 Å². The molecule has 0 saturated heterocycles. The van der Waals surface area contributed by atoms with E-state index >= 15 is 0 Å². The zero-order valence-corrected chi connectivity index (χ0v) is 16.5. The fourth-order valence-corrected chi connectivity index (χ4v) is 3.39. The molecule has 0 aliphatic heterocycles. The molecule has 1 heterocycles. The summed E-state index contributed by atoms with van der Waals surface area (Å²) in [7, 11) is 0. The van der Waals surface area contributed by atoms with Crippen LogP contribution in [0.15, 0.2) is 30.3 Å². The van der Waals surface area contributed by atoms with Gasteiger partial charge in [-0.05, 0) is 37.5 Å². The molecule has 0 aliphatic carbocycles. The number of hydrogen-bond acceptors (Lipinski definition) is 6. The zero-order chi connectivity index (χ0) is 19.8. The second-order valence-electron chi connectivity index (χ2n) is 5.84. The Balaban J connectivity index is 1.93. The summed E-state index contributed by atoms with van der Waals surface area (Å²) in [6, 6.07) is 9.21. The fraction of sp³-hybridized carbons (Fsp3) is 0.350. The van der Waals surface area contributed by atoms with Gasteiger partial charge in [0.1, 0.15) is 5.00 Å². The van der Waals surface area contributed by atoms with Crippen LogP contribution in [0.2, 0.25) is 0 Å². The quantitative estimate of drug-likeness (QED) is 0.699. The van der Waals surface area contributed by atoms with Gasteiger partial charge in [0.25, 0.3) is 5.91 Å². The highest BCUT2D eigenvalue weighted by Gasteiger charge is 2.19. The van der Waals surface area contributed by atoms with Crippen molar-refractivity contribution in [2.45, 2.75) is 33.6 Å². The number of carbonyl (C=O) groups excluding carboxylic acids is 3. The smallest absolute Gasteiger partial charge is 0.341 e. The van der Waals surface area contributed by atoms with Crippen molar-refractivity contribution >= 4 is 34.2 Å². The minimum atomic E-state index is -0.497. The number of aryl methyl sites for hydroxylation is 2. The Bertz CT molecular complexity index is 828. The Morgan fingerprint density at radius 3 is 2.52 bits per heavy atom. The lowest BCUT2D eigenvalue weighted by molar-refractivity contribution is -0.146. The number of rotatable bonds is 8. The normalized spacial score (nSPS) is 10.3. The van der Waals surface area contributed by atoms with Crippen LogP contribution in [0.4, 0.5) is 5.00 Å². The SMILES string of the molecule is CCOC(=O)c1cc(CC)sc1NC(=O)COC(=O)Cc1ccccc1C. The van der Waals surface area contributed by atoms with Crippen LogP contribution in [0.5, 0.6) is 0 Å². The van der Waals surface area contributed by atoms with E-state index in [4.69, 9.17) is 9.47 Å². The van der Waals surface area contributed by atoms with E-state index in [2.05, 4.69) is 5.32 Å². The second kappa shape index (κ2) is 9.87. The third-order valence-electron chi connectivity index (χ3n) is 3.84. The van der Waals surface area contributed by atoms with Gasteiger partial charge in [0.05, 0.1) is 18.6 Å². The average Bonchev–Trinajstić information content (AvgIpc) is 3.05. The van der Waals surface area contributed by atoms with Gasteiger partial charge in [0.15, 0.2) is 6.61 Å². The molecule has 1 aromatic carbocycles. The summed E-state index contributed by atoms with van der Waals surface area (Å²) in [5.41, 5.74) is 2.17. The largest absolute Gasteiger partial charge is 0.462 e. The molecule has 1 aromatic heterocycles. The van der Waals surface area contributed by atoms with Crippen LogP contribution in [-0.2, 0) is 31.9 Å². The number of ether oxygens (including phenoxy) is 2.